The van der Waals surface area contributed by atoms with Gasteiger partial charge in [0, 0.05) is 18.7 Å². The number of halogens is 5. The van der Waals surface area contributed by atoms with Gasteiger partial charge in [-0.25, -0.2) is 4.39 Å². The van der Waals surface area contributed by atoms with Gasteiger partial charge in [0.25, 0.3) is 5.91 Å². The number of hydrogen-bond acceptors (Lipinski definition) is 2. The van der Waals surface area contributed by atoms with Crippen molar-refractivity contribution in [1.82, 2.24) is 10.2 Å². The molecule has 1 heterocycles. The standard InChI is InChI=1S/C14H16F4N2O.ClH/c1-19-7-9-4-5-20(8-9)13(21)10-2-3-12(15)11(6-10)14(16,17)18;/h2-3,6,9,19H,4-5,7-8H2,1H3;1H. The highest BCUT2D eigenvalue weighted by Gasteiger charge is 2.35. The average molecular weight is 341 g/mol. The number of alkyl halides is 3. The number of nitrogens with zero attached hydrogens (tertiary/aromatic N) is 1. The van der Waals surface area contributed by atoms with E-state index in [9.17, 15) is 22.4 Å². The molecule has 1 saturated heterocycles. The van der Waals surface area contributed by atoms with Gasteiger partial charge in [0.05, 0.1) is 5.56 Å². The predicted octanol–water partition coefficient (Wildman–Crippen LogP) is 2.95. The SMILES string of the molecule is CNCC1CCN(C(=O)c2ccc(F)c(C(F)(F)F)c2)C1.Cl. The number of nitrogens with one attached hydrogen (secondary N) is 1. The Morgan fingerprint density at radius 1 is 1.41 bits per heavy atom. The summed E-state index contributed by atoms with van der Waals surface area (Å²) in [5.41, 5.74) is -1.53. The molecular weight excluding hydrogens is 324 g/mol. The van der Waals surface area contributed by atoms with Crippen LogP contribution >= 0.6 is 12.4 Å². The molecule has 1 N–H and O–H groups in total. The van der Waals surface area contributed by atoms with Crippen molar-refractivity contribution in [2.45, 2.75) is 12.6 Å². The van der Waals surface area contributed by atoms with Crippen LogP contribution in [0, 0.1) is 11.7 Å². The number of hydrogen-bond donors (Lipinski definition) is 1. The Hall–Kier alpha value is -1.34. The van der Waals surface area contributed by atoms with E-state index >= 15 is 0 Å². The quantitative estimate of drug-likeness (QED) is 0.858. The summed E-state index contributed by atoms with van der Waals surface area (Å²) in [4.78, 5) is 13.7. The van der Waals surface area contributed by atoms with Gasteiger partial charge < -0.3 is 10.2 Å². The monoisotopic (exact) mass is 340 g/mol. The second-order valence-corrected chi connectivity index (χ2v) is 5.16. The van der Waals surface area contributed by atoms with E-state index in [1.54, 1.807) is 7.05 Å². The first-order valence-electron chi connectivity index (χ1n) is 6.63. The molecule has 22 heavy (non-hydrogen) atoms. The summed E-state index contributed by atoms with van der Waals surface area (Å²) in [5.74, 6) is -1.56. The number of benzene rings is 1. The fourth-order valence-corrected chi connectivity index (χ4v) is 2.53. The Kier molecular flexibility index (Phi) is 6.19. The molecule has 0 radical (unpaired) electrons. The number of carbonyl (C=O) groups excluding carboxylic acids is 1. The summed E-state index contributed by atoms with van der Waals surface area (Å²) >= 11 is 0. The normalized spacial score (nSPS) is 18.2. The van der Waals surface area contributed by atoms with Crippen LogP contribution in [0.1, 0.15) is 22.3 Å². The minimum Gasteiger partial charge on any atom is -0.338 e. The highest BCUT2D eigenvalue weighted by atomic mass is 35.5. The van der Waals surface area contributed by atoms with Gasteiger partial charge in [0.1, 0.15) is 5.82 Å². The van der Waals surface area contributed by atoms with Gasteiger partial charge in [-0.15, -0.1) is 12.4 Å². The van der Waals surface area contributed by atoms with Crippen LogP contribution in [0.4, 0.5) is 17.6 Å². The summed E-state index contributed by atoms with van der Waals surface area (Å²) in [6, 6.07) is 2.37. The Labute approximate surface area is 132 Å². The lowest BCUT2D eigenvalue weighted by Gasteiger charge is -2.17. The van der Waals surface area contributed by atoms with Crippen molar-refractivity contribution in [3.63, 3.8) is 0 Å². The molecule has 1 aliphatic rings. The molecule has 1 unspecified atom stereocenters. The molecule has 1 atom stereocenters. The van der Waals surface area contributed by atoms with Crippen molar-refractivity contribution in [2.75, 3.05) is 26.7 Å². The van der Waals surface area contributed by atoms with E-state index in [2.05, 4.69) is 5.32 Å². The second-order valence-electron chi connectivity index (χ2n) is 5.16. The van der Waals surface area contributed by atoms with E-state index in [0.29, 0.717) is 31.1 Å². The highest BCUT2D eigenvalue weighted by molar-refractivity contribution is 5.94. The summed E-state index contributed by atoms with van der Waals surface area (Å²) in [6.07, 6.45) is -4.00. The molecule has 1 aromatic carbocycles. The first-order valence-corrected chi connectivity index (χ1v) is 6.63. The van der Waals surface area contributed by atoms with Crippen LogP contribution in [0.3, 0.4) is 0 Å². The van der Waals surface area contributed by atoms with Crippen LogP contribution in [-0.2, 0) is 6.18 Å². The van der Waals surface area contributed by atoms with Gasteiger partial charge in [-0.2, -0.15) is 13.2 Å². The molecule has 124 valence electrons. The highest BCUT2D eigenvalue weighted by Crippen LogP contribution is 2.32. The molecule has 0 aliphatic carbocycles. The van der Waals surface area contributed by atoms with Gasteiger partial charge in [-0.1, -0.05) is 0 Å². The zero-order valence-corrected chi connectivity index (χ0v) is 12.7. The number of rotatable bonds is 3. The van der Waals surface area contributed by atoms with Crippen LogP contribution in [0.15, 0.2) is 18.2 Å². The van der Waals surface area contributed by atoms with Gasteiger partial charge in [0.2, 0.25) is 0 Å². The molecule has 1 amide bonds. The summed E-state index contributed by atoms with van der Waals surface area (Å²) < 4.78 is 51.2. The van der Waals surface area contributed by atoms with Crippen LogP contribution in [0.2, 0.25) is 0 Å². The first-order chi connectivity index (χ1) is 9.82. The molecule has 3 nitrogen and oxygen atoms in total. The molecule has 0 saturated carbocycles. The molecule has 2 rings (SSSR count). The fraction of sp³-hybridized carbons (Fsp3) is 0.500. The zero-order valence-electron chi connectivity index (χ0n) is 11.9. The fourth-order valence-electron chi connectivity index (χ4n) is 2.53. The molecule has 0 aromatic heterocycles. The third-order valence-electron chi connectivity index (χ3n) is 3.58. The maximum atomic E-state index is 13.2. The Morgan fingerprint density at radius 3 is 2.68 bits per heavy atom. The largest absolute Gasteiger partial charge is 0.419 e. The third kappa shape index (κ3) is 4.10. The van der Waals surface area contributed by atoms with Crippen molar-refractivity contribution >= 4 is 18.3 Å². The topological polar surface area (TPSA) is 32.3 Å². The van der Waals surface area contributed by atoms with Gasteiger partial charge in [-0.05, 0) is 44.1 Å². The molecule has 1 fully saturated rings. The molecule has 0 bridgehead atoms. The van der Waals surface area contributed by atoms with E-state index in [1.807, 2.05) is 0 Å². The molecule has 8 heteroatoms. The van der Waals surface area contributed by atoms with Crippen LogP contribution in [0.25, 0.3) is 0 Å². The molecule has 0 spiro atoms. The van der Waals surface area contributed by atoms with E-state index < -0.39 is 23.5 Å². The van der Waals surface area contributed by atoms with Gasteiger partial charge in [0.15, 0.2) is 0 Å². The summed E-state index contributed by atoms with van der Waals surface area (Å²) in [5, 5.41) is 3.01. The van der Waals surface area contributed by atoms with Crippen LogP contribution < -0.4 is 5.32 Å². The number of likely N-dealkylation sites (tertiary alicyclic amines) is 1. The summed E-state index contributed by atoms with van der Waals surface area (Å²) in [6.45, 7) is 1.75. The zero-order chi connectivity index (χ0) is 15.6. The lowest BCUT2D eigenvalue weighted by Crippen LogP contribution is -2.30. The molecule has 1 aromatic rings. The minimum atomic E-state index is -4.81. The maximum absolute atomic E-state index is 13.2. The van der Waals surface area contributed by atoms with Crippen molar-refractivity contribution < 1.29 is 22.4 Å². The van der Waals surface area contributed by atoms with Crippen molar-refractivity contribution in [3.8, 4) is 0 Å². The maximum Gasteiger partial charge on any atom is 0.419 e. The van der Waals surface area contributed by atoms with Gasteiger partial charge in [-0.3, -0.25) is 4.79 Å². The average Bonchev–Trinajstić information content (AvgIpc) is 2.86. The van der Waals surface area contributed by atoms with E-state index in [1.165, 1.54) is 4.90 Å². The lowest BCUT2D eigenvalue weighted by atomic mass is 10.1. The van der Waals surface area contributed by atoms with Crippen molar-refractivity contribution in [1.29, 1.82) is 0 Å². The Morgan fingerprint density at radius 2 is 2.09 bits per heavy atom. The first kappa shape index (κ1) is 18.7. The molecule has 1 aliphatic heterocycles. The van der Waals surface area contributed by atoms with E-state index in [-0.39, 0.29) is 18.0 Å². The van der Waals surface area contributed by atoms with E-state index in [0.717, 1.165) is 19.0 Å². The number of amides is 1. The third-order valence-corrected chi connectivity index (χ3v) is 3.58. The Balaban J connectivity index is 0.00000242. The van der Waals surface area contributed by atoms with Crippen LogP contribution in [-0.4, -0.2) is 37.5 Å². The second kappa shape index (κ2) is 7.28. The smallest absolute Gasteiger partial charge is 0.338 e. The van der Waals surface area contributed by atoms with Crippen LogP contribution in [0.5, 0.6) is 0 Å². The van der Waals surface area contributed by atoms with Crippen molar-refractivity contribution in [2.24, 2.45) is 5.92 Å². The predicted molar refractivity (Wildman–Crippen MR) is 76.6 cm³/mol. The minimum absolute atomic E-state index is 0. The van der Waals surface area contributed by atoms with Crippen molar-refractivity contribution in [3.05, 3.63) is 35.1 Å². The Bertz CT molecular complexity index is 536. The molecular formula is C14H17ClF4N2O. The summed E-state index contributed by atoms with van der Waals surface area (Å²) in [7, 11) is 1.81. The van der Waals surface area contributed by atoms with E-state index in [4.69, 9.17) is 0 Å². The number of carbonyl (C=O) groups is 1. The van der Waals surface area contributed by atoms with Gasteiger partial charge >= 0.3 is 6.18 Å². The lowest BCUT2D eigenvalue weighted by molar-refractivity contribution is -0.140.